The fourth-order valence-corrected chi connectivity index (χ4v) is 2.99. The van der Waals surface area contributed by atoms with Crippen LogP contribution < -0.4 is 5.32 Å². The molecule has 4 nitrogen and oxygen atoms in total. The Balaban J connectivity index is 2.44. The van der Waals surface area contributed by atoms with E-state index in [-0.39, 0.29) is 24.0 Å². The van der Waals surface area contributed by atoms with E-state index in [1.165, 1.54) is 0 Å². The maximum absolute atomic E-state index is 12.2. The minimum Gasteiger partial charge on any atom is -0.396 e. The van der Waals surface area contributed by atoms with Crippen LogP contribution in [-0.2, 0) is 4.79 Å². The van der Waals surface area contributed by atoms with E-state index < -0.39 is 0 Å². The second-order valence-electron chi connectivity index (χ2n) is 6.02. The summed E-state index contributed by atoms with van der Waals surface area (Å²) in [7, 11) is 0. The second-order valence-corrected chi connectivity index (χ2v) is 6.02. The van der Waals surface area contributed by atoms with Crippen molar-refractivity contribution in [3.8, 4) is 0 Å². The average molecular weight is 270 g/mol. The molecular formula is C15H30N2O2. The fraction of sp³-hybridized carbons (Fsp3) is 0.933. The number of hydrogen-bond acceptors (Lipinski definition) is 3. The van der Waals surface area contributed by atoms with E-state index in [1.807, 2.05) is 4.90 Å². The van der Waals surface area contributed by atoms with Gasteiger partial charge in [-0.2, -0.15) is 0 Å². The smallest absolute Gasteiger partial charge is 0.236 e. The van der Waals surface area contributed by atoms with Gasteiger partial charge in [0.05, 0.1) is 6.54 Å². The van der Waals surface area contributed by atoms with Gasteiger partial charge < -0.3 is 15.3 Å². The van der Waals surface area contributed by atoms with Crippen LogP contribution in [0.5, 0.6) is 0 Å². The fourth-order valence-electron chi connectivity index (χ4n) is 2.99. The molecule has 0 heterocycles. The van der Waals surface area contributed by atoms with Crippen molar-refractivity contribution < 1.29 is 9.90 Å². The van der Waals surface area contributed by atoms with Crippen molar-refractivity contribution >= 4 is 5.91 Å². The number of aliphatic hydroxyl groups excluding tert-OH is 1. The lowest BCUT2D eigenvalue weighted by atomic mass is 9.86. The molecule has 4 heteroatoms. The van der Waals surface area contributed by atoms with Crippen LogP contribution in [0, 0.1) is 5.41 Å². The Bertz CT molecular complexity index is 277. The first-order chi connectivity index (χ1) is 9.07. The van der Waals surface area contributed by atoms with E-state index in [0.29, 0.717) is 6.54 Å². The molecule has 0 spiro atoms. The summed E-state index contributed by atoms with van der Waals surface area (Å²) in [6.07, 6.45) is 5.25. The lowest BCUT2D eigenvalue weighted by Crippen LogP contribution is -2.47. The first kappa shape index (κ1) is 16.4. The highest BCUT2D eigenvalue weighted by Crippen LogP contribution is 2.37. The van der Waals surface area contributed by atoms with E-state index in [1.54, 1.807) is 0 Å². The molecule has 2 atom stereocenters. The third-order valence-electron chi connectivity index (χ3n) is 4.28. The standard InChI is InChI=1S/C15H30N2O2/c1-4-9-17(10-5-2)14(19)11-16-13-7-6-8-15(13,3)12-18/h13,16,18H,4-12H2,1-3H3. The number of nitrogens with one attached hydrogen (secondary N) is 1. The largest absolute Gasteiger partial charge is 0.396 e. The number of amides is 1. The van der Waals surface area contributed by atoms with Gasteiger partial charge in [-0.05, 0) is 25.7 Å². The van der Waals surface area contributed by atoms with Crippen molar-refractivity contribution in [2.24, 2.45) is 5.41 Å². The number of carbonyl (C=O) groups is 1. The zero-order valence-electron chi connectivity index (χ0n) is 12.7. The first-order valence-electron chi connectivity index (χ1n) is 7.69. The highest BCUT2D eigenvalue weighted by Gasteiger charge is 2.38. The van der Waals surface area contributed by atoms with Gasteiger partial charge in [0.2, 0.25) is 5.91 Å². The van der Waals surface area contributed by atoms with Gasteiger partial charge in [0, 0.05) is 31.2 Å². The van der Waals surface area contributed by atoms with Gasteiger partial charge in [0.25, 0.3) is 0 Å². The molecule has 2 unspecified atom stereocenters. The highest BCUT2D eigenvalue weighted by molar-refractivity contribution is 5.78. The van der Waals surface area contributed by atoms with Crippen LogP contribution in [0.3, 0.4) is 0 Å². The van der Waals surface area contributed by atoms with Crippen molar-refractivity contribution in [3.63, 3.8) is 0 Å². The molecule has 1 aliphatic carbocycles. The Kier molecular flexibility index (Phi) is 6.80. The summed E-state index contributed by atoms with van der Waals surface area (Å²) >= 11 is 0. The predicted molar refractivity (Wildman–Crippen MR) is 78.0 cm³/mol. The van der Waals surface area contributed by atoms with E-state index in [0.717, 1.165) is 45.2 Å². The first-order valence-corrected chi connectivity index (χ1v) is 7.69. The molecule has 0 aromatic carbocycles. The number of hydrogen-bond donors (Lipinski definition) is 2. The van der Waals surface area contributed by atoms with E-state index in [2.05, 4.69) is 26.1 Å². The van der Waals surface area contributed by atoms with Crippen LogP contribution in [0.15, 0.2) is 0 Å². The molecule has 0 aromatic rings. The third-order valence-corrected chi connectivity index (χ3v) is 4.28. The minimum absolute atomic E-state index is 0.0549. The van der Waals surface area contributed by atoms with Gasteiger partial charge in [-0.3, -0.25) is 4.79 Å². The van der Waals surface area contributed by atoms with Gasteiger partial charge in [-0.25, -0.2) is 0 Å². The predicted octanol–water partition coefficient (Wildman–Crippen LogP) is 1.78. The SMILES string of the molecule is CCCN(CCC)C(=O)CNC1CCCC1(C)CO. The van der Waals surface area contributed by atoms with Gasteiger partial charge in [-0.15, -0.1) is 0 Å². The maximum atomic E-state index is 12.2. The molecule has 0 saturated heterocycles. The Morgan fingerprint density at radius 2 is 2.00 bits per heavy atom. The lowest BCUT2D eigenvalue weighted by molar-refractivity contribution is -0.130. The zero-order valence-corrected chi connectivity index (χ0v) is 12.7. The Morgan fingerprint density at radius 1 is 1.37 bits per heavy atom. The number of aliphatic hydroxyl groups is 1. The van der Waals surface area contributed by atoms with Crippen molar-refractivity contribution in [2.75, 3.05) is 26.2 Å². The molecule has 0 bridgehead atoms. The van der Waals surface area contributed by atoms with E-state index in [9.17, 15) is 9.90 Å². The lowest BCUT2D eigenvalue weighted by Gasteiger charge is -2.31. The molecule has 1 saturated carbocycles. The summed E-state index contributed by atoms with van der Waals surface area (Å²) in [6, 6.07) is 0.270. The maximum Gasteiger partial charge on any atom is 0.236 e. The molecular weight excluding hydrogens is 240 g/mol. The van der Waals surface area contributed by atoms with Crippen molar-refractivity contribution in [1.29, 1.82) is 0 Å². The van der Waals surface area contributed by atoms with Crippen LogP contribution in [0.25, 0.3) is 0 Å². The Morgan fingerprint density at radius 3 is 2.53 bits per heavy atom. The molecule has 112 valence electrons. The summed E-state index contributed by atoms with van der Waals surface area (Å²) in [4.78, 5) is 14.1. The molecule has 0 aromatic heterocycles. The summed E-state index contributed by atoms with van der Waals surface area (Å²) in [5.74, 6) is 0.191. The summed E-state index contributed by atoms with van der Waals surface area (Å²) in [6.45, 7) is 8.60. The van der Waals surface area contributed by atoms with Gasteiger partial charge in [-0.1, -0.05) is 27.2 Å². The molecule has 1 fully saturated rings. The van der Waals surface area contributed by atoms with Crippen molar-refractivity contribution in [1.82, 2.24) is 10.2 Å². The topological polar surface area (TPSA) is 52.6 Å². The quantitative estimate of drug-likeness (QED) is 0.707. The van der Waals surface area contributed by atoms with Crippen LogP contribution in [0.1, 0.15) is 52.9 Å². The Labute approximate surface area is 117 Å². The highest BCUT2D eigenvalue weighted by atomic mass is 16.3. The Hall–Kier alpha value is -0.610. The van der Waals surface area contributed by atoms with Gasteiger partial charge in [0.1, 0.15) is 0 Å². The second kappa shape index (κ2) is 7.85. The number of carbonyl (C=O) groups excluding carboxylic acids is 1. The van der Waals surface area contributed by atoms with E-state index >= 15 is 0 Å². The minimum atomic E-state index is -0.0549. The van der Waals surface area contributed by atoms with Crippen LogP contribution in [-0.4, -0.2) is 48.2 Å². The monoisotopic (exact) mass is 270 g/mol. The molecule has 1 aliphatic rings. The zero-order chi connectivity index (χ0) is 14.3. The van der Waals surface area contributed by atoms with E-state index in [4.69, 9.17) is 0 Å². The van der Waals surface area contributed by atoms with Gasteiger partial charge in [0.15, 0.2) is 0 Å². The molecule has 0 aliphatic heterocycles. The summed E-state index contributed by atoms with van der Waals surface area (Å²) in [5, 5.41) is 12.9. The van der Waals surface area contributed by atoms with Crippen LogP contribution in [0.2, 0.25) is 0 Å². The molecule has 1 rings (SSSR count). The average Bonchev–Trinajstić information content (AvgIpc) is 2.78. The molecule has 19 heavy (non-hydrogen) atoms. The van der Waals surface area contributed by atoms with Crippen molar-refractivity contribution in [3.05, 3.63) is 0 Å². The molecule has 1 amide bonds. The van der Waals surface area contributed by atoms with Crippen molar-refractivity contribution in [2.45, 2.75) is 58.9 Å². The third kappa shape index (κ3) is 4.46. The summed E-state index contributed by atoms with van der Waals surface area (Å²) < 4.78 is 0. The normalized spacial score (nSPS) is 26.6. The number of rotatable bonds is 8. The van der Waals surface area contributed by atoms with Crippen LogP contribution >= 0.6 is 0 Å². The molecule has 2 N–H and O–H groups in total. The molecule has 0 radical (unpaired) electrons. The number of nitrogens with zero attached hydrogens (tertiary/aromatic N) is 1. The summed E-state index contributed by atoms with van der Waals surface area (Å²) in [5.41, 5.74) is -0.0549. The van der Waals surface area contributed by atoms with Crippen LogP contribution in [0.4, 0.5) is 0 Å². The van der Waals surface area contributed by atoms with Gasteiger partial charge >= 0.3 is 0 Å².